The Balaban J connectivity index is 2.40. The summed E-state index contributed by atoms with van der Waals surface area (Å²) in [5, 5.41) is 2.64. The molecule has 0 spiro atoms. The van der Waals surface area contributed by atoms with Crippen LogP contribution in [0.1, 0.15) is 33.1 Å². The van der Waals surface area contributed by atoms with Crippen LogP contribution in [0.5, 0.6) is 0 Å². The average Bonchev–Trinajstić information content (AvgIpc) is 2.01. The van der Waals surface area contributed by atoms with E-state index < -0.39 is 12.7 Å². The van der Waals surface area contributed by atoms with Gasteiger partial charge < -0.3 is 5.32 Å². The molecule has 0 aliphatic heterocycles. The van der Waals surface area contributed by atoms with Crippen LogP contribution in [0.15, 0.2) is 0 Å². The van der Waals surface area contributed by atoms with Crippen LogP contribution in [-0.4, -0.2) is 18.8 Å². The van der Waals surface area contributed by atoms with Crippen molar-refractivity contribution < 1.29 is 13.2 Å². The second kappa shape index (κ2) is 4.51. The van der Waals surface area contributed by atoms with Gasteiger partial charge in [-0.3, -0.25) is 0 Å². The van der Waals surface area contributed by atoms with Gasteiger partial charge in [-0.1, -0.05) is 20.3 Å². The van der Waals surface area contributed by atoms with Crippen molar-refractivity contribution in [2.75, 3.05) is 6.54 Å². The molecule has 1 nitrogen and oxygen atoms in total. The molecule has 1 N–H and O–H groups in total. The molecule has 0 aromatic carbocycles. The molecule has 4 heteroatoms. The third-order valence-electron chi connectivity index (χ3n) is 3.08. The summed E-state index contributed by atoms with van der Waals surface area (Å²) < 4.78 is 36.0. The average molecular weight is 209 g/mol. The van der Waals surface area contributed by atoms with Crippen LogP contribution in [0, 0.1) is 11.8 Å². The maximum atomic E-state index is 12.0. The lowest BCUT2D eigenvalue weighted by Gasteiger charge is -2.35. The molecule has 2 unspecified atom stereocenters. The van der Waals surface area contributed by atoms with E-state index in [2.05, 4.69) is 5.32 Å². The molecule has 1 rings (SSSR count). The van der Waals surface area contributed by atoms with E-state index in [-0.39, 0.29) is 6.04 Å². The number of halogens is 3. The van der Waals surface area contributed by atoms with E-state index in [1.807, 2.05) is 13.8 Å². The summed E-state index contributed by atoms with van der Waals surface area (Å²) in [6.45, 7) is 3.21. The van der Waals surface area contributed by atoms with Gasteiger partial charge in [-0.2, -0.15) is 13.2 Å². The zero-order chi connectivity index (χ0) is 10.8. The summed E-state index contributed by atoms with van der Waals surface area (Å²) in [5.41, 5.74) is 0. The molecule has 84 valence electrons. The third-order valence-corrected chi connectivity index (χ3v) is 3.08. The summed E-state index contributed by atoms with van der Waals surface area (Å²) in [6, 6.07) is 0.0328. The van der Waals surface area contributed by atoms with Crippen molar-refractivity contribution in [3.8, 4) is 0 Å². The van der Waals surface area contributed by atoms with E-state index >= 15 is 0 Å². The lowest BCUT2D eigenvalue weighted by Crippen LogP contribution is -2.46. The van der Waals surface area contributed by atoms with Crippen molar-refractivity contribution in [1.29, 1.82) is 0 Å². The zero-order valence-corrected chi connectivity index (χ0v) is 8.69. The fourth-order valence-electron chi connectivity index (χ4n) is 2.32. The summed E-state index contributed by atoms with van der Waals surface area (Å²) in [6.07, 6.45) is -0.858. The van der Waals surface area contributed by atoms with E-state index in [0.29, 0.717) is 11.8 Å². The van der Waals surface area contributed by atoms with Crippen LogP contribution in [-0.2, 0) is 0 Å². The van der Waals surface area contributed by atoms with Crippen LogP contribution >= 0.6 is 0 Å². The van der Waals surface area contributed by atoms with Gasteiger partial charge in [0.25, 0.3) is 0 Å². The largest absolute Gasteiger partial charge is 0.401 e. The summed E-state index contributed by atoms with van der Waals surface area (Å²) in [7, 11) is 0. The molecule has 0 aromatic heterocycles. The first-order chi connectivity index (χ1) is 6.40. The highest BCUT2D eigenvalue weighted by molar-refractivity contribution is 4.83. The van der Waals surface area contributed by atoms with Crippen LogP contribution in [0.2, 0.25) is 0 Å². The van der Waals surface area contributed by atoms with Gasteiger partial charge in [-0.15, -0.1) is 0 Å². The smallest absolute Gasteiger partial charge is 0.305 e. The molecular formula is C10H18F3N. The minimum absolute atomic E-state index is 0.0328. The lowest BCUT2D eigenvalue weighted by molar-refractivity contribution is -0.128. The van der Waals surface area contributed by atoms with Crippen molar-refractivity contribution in [3.05, 3.63) is 0 Å². The van der Waals surface area contributed by atoms with Crippen LogP contribution in [0.25, 0.3) is 0 Å². The first-order valence-corrected chi connectivity index (χ1v) is 5.20. The van der Waals surface area contributed by atoms with Gasteiger partial charge in [0.1, 0.15) is 0 Å². The van der Waals surface area contributed by atoms with E-state index in [9.17, 15) is 13.2 Å². The topological polar surface area (TPSA) is 12.0 Å². The molecule has 1 aliphatic carbocycles. The molecule has 2 atom stereocenters. The van der Waals surface area contributed by atoms with E-state index in [4.69, 9.17) is 0 Å². The van der Waals surface area contributed by atoms with E-state index in [0.717, 1.165) is 19.3 Å². The SMILES string of the molecule is CC1CCCC(C)C1NCC(F)(F)F. The highest BCUT2D eigenvalue weighted by Gasteiger charge is 2.32. The monoisotopic (exact) mass is 209 g/mol. The first-order valence-electron chi connectivity index (χ1n) is 5.20. The molecule has 14 heavy (non-hydrogen) atoms. The van der Waals surface area contributed by atoms with Crippen LogP contribution < -0.4 is 5.32 Å². The highest BCUT2D eigenvalue weighted by Crippen LogP contribution is 2.29. The highest BCUT2D eigenvalue weighted by atomic mass is 19.4. The Hall–Kier alpha value is -0.250. The zero-order valence-electron chi connectivity index (χ0n) is 8.69. The molecule has 0 aromatic rings. The number of rotatable bonds is 2. The molecule has 1 aliphatic rings. The summed E-state index contributed by atoms with van der Waals surface area (Å²) in [4.78, 5) is 0. The second-order valence-corrected chi connectivity index (χ2v) is 4.41. The standard InChI is InChI=1S/C10H18F3N/c1-7-4-3-5-8(2)9(7)14-6-10(11,12)13/h7-9,14H,3-6H2,1-2H3. The molecule has 0 amide bonds. The van der Waals surface area contributed by atoms with Crippen LogP contribution in [0.4, 0.5) is 13.2 Å². The Morgan fingerprint density at radius 3 is 2.07 bits per heavy atom. The molecule has 0 bridgehead atoms. The van der Waals surface area contributed by atoms with Gasteiger partial charge in [0.05, 0.1) is 6.54 Å². The van der Waals surface area contributed by atoms with Crippen molar-refractivity contribution >= 4 is 0 Å². The van der Waals surface area contributed by atoms with Gasteiger partial charge in [-0.05, 0) is 24.7 Å². The Bertz CT molecular complexity index is 169. The van der Waals surface area contributed by atoms with Gasteiger partial charge in [-0.25, -0.2) is 0 Å². The predicted octanol–water partition coefficient (Wildman–Crippen LogP) is 2.96. The summed E-state index contributed by atoms with van der Waals surface area (Å²) >= 11 is 0. The van der Waals surface area contributed by atoms with Crippen molar-refractivity contribution in [2.45, 2.75) is 45.3 Å². The number of hydrogen-bond acceptors (Lipinski definition) is 1. The maximum absolute atomic E-state index is 12.0. The second-order valence-electron chi connectivity index (χ2n) is 4.41. The number of alkyl halides is 3. The molecule has 0 radical (unpaired) electrons. The lowest BCUT2D eigenvalue weighted by atomic mass is 9.79. The molecule has 1 saturated carbocycles. The van der Waals surface area contributed by atoms with Crippen molar-refractivity contribution in [3.63, 3.8) is 0 Å². The van der Waals surface area contributed by atoms with Gasteiger partial charge in [0, 0.05) is 6.04 Å². The normalized spacial score (nSPS) is 34.5. The molecular weight excluding hydrogens is 191 g/mol. The van der Waals surface area contributed by atoms with Gasteiger partial charge >= 0.3 is 6.18 Å². The minimum atomic E-state index is -4.09. The molecule has 0 heterocycles. The summed E-state index contributed by atoms with van der Waals surface area (Å²) in [5.74, 6) is 0.724. The van der Waals surface area contributed by atoms with Gasteiger partial charge in [0.15, 0.2) is 0 Å². The molecule has 1 fully saturated rings. The Morgan fingerprint density at radius 2 is 1.64 bits per heavy atom. The Kier molecular flexibility index (Phi) is 3.81. The van der Waals surface area contributed by atoms with Gasteiger partial charge in [0.2, 0.25) is 0 Å². The first kappa shape index (κ1) is 11.8. The predicted molar refractivity (Wildman–Crippen MR) is 50.0 cm³/mol. The minimum Gasteiger partial charge on any atom is -0.305 e. The van der Waals surface area contributed by atoms with E-state index in [1.165, 1.54) is 0 Å². The molecule has 0 saturated heterocycles. The third kappa shape index (κ3) is 3.48. The van der Waals surface area contributed by atoms with Crippen molar-refractivity contribution in [1.82, 2.24) is 5.32 Å². The fraction of sp³-hybridized carbons (Fsp3) is 1.00. The fourth-order valence-corrected chi connectivity index (χ4v) is 2.32. The maximum Gasteiger partial charge on any atom is 0.401 e. The van der Waals surface area contributed by atoms with Crippen LogP contribution in [0.3, 0.4) is 0 Å². The van der Waals surface area contributed by atoms with E-state index in [1.54, 1.807) is 0 Å². The Morgan fingerprint density at radius 1 is 1.14 bits per heavy atom. The Labute approximate surface area is 83.1 Å². The number of nitrogens with one attached hydrogen (secondary N) is 1. The van der Waals surface area contributed by atoms with Crippen molar-refractivity contribution in [2.24, 2.45) is 11.8 Å². The number of hydrogen-bond donors (Lipinski definition) is 1. The quantitative estimate of drug-likeness (QED) is 0.737.